The fourth-order valence-corrected chi connectivity index (χ4v) is 2.74. The van der Waals surface area contributed by atoms with E-state index in [1.165, 1.54) is 0 Å². The van der Waals surface area contributed by atoms with E-state index in [2.05, 4.69) is 36.5 Å². The molecular weight excluding hydrogens is 418 g/mol. The highest BCUT2D eigenvalue weighted by Gasteiger charge is 2.15. The largest absolute Gasteiger partial charge is 0.493 e. The van der Waals surface area contributed by atoms with Crippen LogP contribution in [-0.4, -0.2) is 46.6 Å². The molecule has 9 nitrogen and oxygen atoms in total. The lowest BCUT2D eigenvalue weighted by Gasteiger charge is -2.09. The van der Waals surface area contributed by atoms with Crippen molar-refractivity contribution in [3.8, 4) is 11.5 Å². The van der Waals surface area contributed by atoms with Crippen LogP contribution in [0.15, 0.2) is 39.6 Å². The Morgan fingerprint density at radius 3 is 2.81 bits per heavy atom. The molecule has 3 rings (SSSR count). The second-order valence-electron chi connectivity index (χ2n) is 5.57. The van der Waals surface area contributed by atoms with E-state index >= 15 is 0 Å². The van der Waals surface area contributed by atoms with Crippen molar-refractivity contribution in [2.45, 2.75) is 13.0 Å². The second kappa shape index (κ2) is 8.67. The molecule has 0 saturated carbocycles. The predicted octanol–water partition coefficient (Wildman–Crippen LogP) is 2.07. The maximum absolute atomic E-state index is 12.1. The van der Waals surface area contributed by atoms with Crippen molar-refractivity contribution >= 4 is 21.8 Å². The van der Waals surface area contributed by atoms with Crippen molar-refractivity contribution in [3.63, 3.8) is 0 Å². The maximum atomic E-state index is 12.1. The first-order valence-corrected chi connectivity index (χ1v) is 8.88. The molecule has 1 amide bonds. The molecule has 0 fully saturated rings. The molecule has 0 radical (unpaired) electrons. The molecule has 1 N–H and O–H groups in total. The van der Waals surface area contributed by atoms with Gasteiger partial charge in [-0.2, -0.15) is 10.1 Å². The van der Waals surface area contributed by atoms with Crippen LogP contribution in [0.5, 0.6) is 11.5 Å². The Morgan fingerprint density at radius 2 is 2.11 bits per heavy atom. The first kappa shape index (κ1) is 18.9. The summed E-state index contributed by atoms with van der Waals surface area (Å²) >= 11 is 3.31. The third-order valence-electron chi connectivity index (χ3n) is 3.71. The summed E-state index contributed by atoms with van der Waals surface area (Å²) in [4.78, 5) is 16.2. The number of carbonyl (C=O) groups excluding carboxylic acids is 1. The van der Waals surface area contributed by atoms with Gasteiger partial charge in [0.05, 0.1) is 24.9 Å². The zero-order valence-electron chi connectivity index (χ0n) is 14.8. The van der Waals surface area contributed by atoms with Crippen LogP contribution in [0.4, 0.5) is 0 Å². The van der Waals surface area contributed by atoms with Crippen LogP contribution >= 0.6 is 15.9 Å². The third kappa shape index (κ3) is 4.85. The van der Waals surface area contributed by atoms with Gasteiger partial charge < -0.3 is 19.3 Å². The van der Waals surface area contributed by atoms with Gasteiger partial charge in [0, 0.05) is 12.7 Å². The Morgan fingerprint density at radius 1 is 1.30 bits per heavy atom. The third-order valence-corrected chi connectivity index (χ3v) is 4.12. The average Bonchev–Trinajstić information content (AvgIpc) is 3.30. The number of rotatable bonds is 8. The number of amides is 1. The summed E-state index contributed by atoms with van der Waals surface area (Å²) in [6.07, 6.45) is 4.05. The van der Waals surface area contributed by atoms with Crippen LogP contribution in [0.25, 0.3) is 0 Å². The van der Waals surface area contributed by atoms with E-state index in [4.69, 9.17) is 14.0 Å². The zero-order valence-corrected chi connectivity index (χ0v) is 16.4. The topological polar surface area (TPSA) is 104 Å². The lowest BCUT2D eigenvalue weighted by molar-refractivity contribution is 0.0910. The summed E-state index contributed by atoms with van der Waals surface area (Å²) in [5, 5.41) is 10.7. The van der Waals surface area contributed by atoms with E-state index in [-0.39, 0.29) is 5.89 Å². The molecule has 0 aliphatic carbocycles. The second-order valence-corrected chi connectivity index (χ2v) is 6.48. The Bertz CT molecular complexity index is 924. The van der Waals surface area contributed by atoms with Gasteiger partial charge >= 0.3 is 11.8 Å². The van der Waals surface area contributed by atoms with E-state index in [9.17, 15) is 4.79 Å². The minimum Gasteiger partial charge on any atom is -0.493 e. The highest BCUT2D eigenvalue weighted by Crippen LogP contribution is 2.27. The van der Waals surface area contributed by atoms with Crippen LogP contribution in [0.2, 0.25) is 0 Å². The van der Waals surface area contributed by atoms with Gasteiger partial charge in [-0.15, -0.1) is 0 Å². The van der Waals surface area contributed by atoms with Gasteiger partial charge in [-0.05, 0) is 40.0 Å². The fraction of sp³-hybridized carbons (Fsp3) is 0.294. The van der Waals surface area contributed by atoms with Crippen molar-refractivity contribution in [2.24, 2.45) is 0 Å². The molecule has 1 aromatic carbocycles. The van der Waals surface area contributed by atoms with Gasteiger partial charge in [0.1, 0.15) is 6.54 Å². The number of hydrogen-bond donors (Lipinski definition) is 1. The molecule has 0 spiro atoms. The summed E-state index contributed by atoms with van der Waals surface area (Å²) in [5.74, 6) is 1.18. The number of hydrogen-bond acceptors (Lipinski definition) is 7. The van der Waals surface area contributed by atoms with Crippen molar-refractivity contribution in [1.29, 1.82) is 0 Å². The van der Waals surface area contributed by atoms with Crippen molar-refractivity contribution in [1.82, 2.24) is 25.2 Å². The molecule has 0 atom stereocenters. The standard InChI is InChI=1S/C17H18BrN5O4/c1-25-13-4-3-11(7-14(13)26-2)5-6-19-16(24)17-21-15(22-27-17)10-23-9-12(18)8-20-23/h3-4,7-9H,5-6,10H2,1-2H3,(H,19,24). The van der Waals surface area contributed by atoms with E-state index in [0.717, 1.165) is 10.0 Å². The summed E-state index contributed by atoms with van der Waals surface area (Å²) in [6.45, 7) is 0.728. The molecule has 2 heterocycles. The van der Waals surface area contributed by atoms with Crippen LogP contribution in [-0.2, 0) is 13.0 Å². The molecule has 3 aromatic rings. The Kier molecular flexibility index (Phi) is 6.07. The molecule has 27 heavy (non-hydrogen) atoms. The average molecular weight is 436 g/mol. The van der Waals surface area contributed by atoms with Crippen LogP contribution < -0.4 is 14.8 Å². The lowest BCUT2D eigenvalue weighted by Crippen LogP contribution is -2.26. The van der Waals surface area contributed by atoms with E-state index < -0.39 is 5.91 Å². The van der Waals surface area contributed by atoms with Crippen LogP contribution in [0.3, 0.4) is 0 Å². The molecular formula is C17H18BrN5O4. The highest BCUT2D eigenvalue weighted by molar-refractivity contribution is 9.10. The summed E-state index contributed by atoms with van der Waals surface area (Å²) in [5.41, 5.74) is 1.00. The van der Waals surface area contributed by atoms with Gasteiger partial charge in [-0.25, -0.2) is 0 Å². The fourth-order valence-electron chi connectivity index (χ4n) is 2.41. The first-order chi connectivity index (χ1) is 13.1. The normalized spacial score (nSPS) is 10.6. The van der Waals surface area contributed by atoms with Gasteiger partial charge in [0.25, 0.3) is 0 Å². The Labute approximate surface area is 163 Å². The SMILES string of the molecule is COc1ccc(CCNC(=O)c2nc(Cn3cc(Br)cn3)no2)cc1OC. The Balaban J connectivity index is 1.52. The van der Waals surface area contributed by atoms with Gasteiger partial charge in [0.15, 0.2) is 17.3 Å². The summed E-state index contributed by atoms with van der Waals surface area (Å²) in [6, 6.07) is 5.62. The van der Waals surface area contributed by atoms with Gasteiger partial charge in [-0.1, -0.05) is 11.2 Å². The number of methoxy groups -OCH3 is 2. The minimum atomic E-state index is -0.420. The Hall–Kier alpha value is -2.88. The number of benzene rings is 1. The van der Waals surface area contributed by atoms with Crippen molar-refractivity contribution < 1.29 is 18.8 Å². The monoisotopic (exact) mass is 435 g/mol. The van der Waals surface area contributed by atoms with Crippen LogP contribution in [0, 0.1) is 0 Å². The van der Waals surface area contributed by atoms with Gasteiger partial charge in [-0.3, -0.25) is 9.48 Å². The summed E-state index contributed by atoms with van der Waals surface area (Å²) < 4.78 is 18.0. The molecule has 0 bridgehead atoms. The molecule has 0 saturated heterocycles. The first-order valence-electron chi connectivity index (χ1n) is 8.08. The highest BCUT2D eigenvalue weighted by atomic mass is 79.9. The van der Waals surface area contributed by atoms with Crippen molar-refractivity contribution in [2.75, 3.05) is 20.8 Å². The lowest BCUT2D eigenvalue weighted by atomic mass is 10.1. The van der Waals surface area contributed by atoms with Crippen molar-refractivity contribution in [3.05, 3.63) is 52.3 Å². The minimum absolute atomic E-state index is 0.0801. The molecule has 0 aliphatic rings. The number of carbonyl (C=O) groups is 1. The number of nitrogens with zero attached hydrogens (tertiary/aromatic N) is 4. The van der Waals surface area contributed by atoms with E-state index in [0.29, 0.717) is 36.8 Å². The van der Waals surface area contributed by atoms with E-state index in [1.807, 2.05) is 18.2 Å². The number of ether oxygens (including phenoxy) is 2. The van der Waals surface area contributed by atoms with Gasteiger partial charge in [0.2, 0.25) is 0 Å². The van der Waals surface area contributed by atoms with E-state index in [1.54, 1.807) is 31.3 Å². The smallest absolute Gasteiger partial charge is 0.316 e. The number of aromatic nitrogens is 4. The molecule has 0 aliphatic heterocycles. The zero-order chi connectivity index (χ0) is 19.2. The maximum Gasteiger partial charge on any atom is 0.316 e. The molecule has 10 heteroatoms. The van der Waals surface area contributed by atoms with Crippen LogP contribution in [0.1, 0.15) is 22.1 Å². The molecule has 2 aromatic heterocycles. The quantitative estimate of drug-likeness (QED) is 0.577. The number of halogens is 1. The molecule has 142 valence electrons. The number of nitrogens with one attached hydrogen (secondary N) is 1. The summed E-state index contributed by atoms with van der Waals surface area (Å²) in [7, 11) is 3.17. The predicted molar refractivity (Wildman–Crippen MR) is 98.9 cm³/mol. The molecule has 0 unspecified atom stereocenters.